The smallest absolute Gasteiger partial charge is 0.289 e. The van der Waals surface area contributed by atoms with Crippen LogP contribution in [0.15, 0.2) is 22.7 Å². The Kier molecular flexibility index (Phi) is 3.70. The van der Waals surface area contributed by atoms with E-state index in [1.165, 1.54) is 6.42 Å². The van der Waals surface area contributed by atoms with E-state index >= 15 is 0 Å². The van der Waals surface area contributed by atoms with Gasteiger partial charge in [-0.2, -0.15) is 0 Å². The molecule has 0 radical (unpaired) electrons. The first-order chi connectivity index (χ1) is 12.7. The second kappa shape index (κ2) is 6.09. The van der Waals surface area contributed by atoms with Crippen molar-refractivity contribution in [1.29, 1.82) is 0 Å². The molecule has 0 unspecified atom stereocenters. The number of hydrogen-bond donors (Lipinski definition) is 2. The molecule has 0 saturated carbocycles. The molecule has 3 saturated heterocycles. The van der Waals surface area contributed by atoms with E-state index in [1.807, 2.05) is 0 Å². The van der Waals surface area contributed by atoms with Gasteiger partial charge < -0.3 is 20.0 Å². The summed E-state index contributed by atoms with van der Waals surface area (Å²) in [5.74, 6) is 0.0476. The summed E-state index contributed by atoms with van der Waals surface area (Å²) in [5, 5.41) is 7.34. The highest BCUT2D eigenvalue weighted by molar-refractivity contribution is 5.98. The van der Waals surface area contributed by atoms with Crippen LogP contribution in [0.2, 0.25) is 0 Å². The van der Waals surface area contributed by atoms with Crippen molar-refractivity contribution in [2.75, 3.05) is 13.1 Å². The Morgan fingerprint density at radius 3 is 2.81 bits per heavy atom. The molecule has 2 N–H and O–H groups in total. The molecule has 5 heterocycles. The van der Waals surface area contributed by atoms with Crippen LogP contribution in [0.25, 0.3) is 11.0 Å². The minimum absolute atomic E-state index is 0.0854. The van der Waals surface area contributed by atoms with Crippen LogP contribution in [0.3, 0.4) is 0 Å². The standard InChI is InChI=1S/C19H22N4O3/c24-18(22-14-8-12-3-4-13(14)21-12)15-9-16-11(10-20-15)7-17(26-16)19(25)23-5-1-2-6-23/h7,9-10,12-14,21H,1-6,8H2,(H,22,24)/t12-,13+,14-/m1/s1. The second-order valence-electron chi connectivity index (χ2n) is 7.58. The van der Waals surface area contributed by atoms with Gasteiger partial charge in [-0.15, -0.1) is 0 Å². The molecule has 136 valence electrons. The maximum Gasteiger partial charge on any atom is 0.289 e. The van der Waals surface area contributed by atoms with Crippen molar-refractivity contribution < 1.29 is 14.0 Å². The van der Waals surface area contributed by atoms with Gasteiger partial charge in [0, 0.05) is 48.9 Å². The summed E-state index contributed by atoms with van der Waals surface area (Å²) >= 11 is 0. The lowest BCUT2D eigenvalue weighted by Crippen LogP contribution is -2.43. The van der Waals surface area contributed by atoms with E-state index in [0.29, 0.717) is 29.1 Å². The summed E-state index contributed by atoms with van der Waals surface area (Å²) in [6, 6.07) is 4.42. The molecule has 0 spiro atoms. The van der Waals surface area contributed by atoms with E-state index in [1.54, 1.807) is 23.2 Å². The molecule has 7 heteroatoms. The Bertz CT molecular complexity index is 871. The molecule has 5 rings (SSSR count). The third-order valence-corrected chi connectivity index (χ3v) is 5.85. The summed E-state index contributed by atoms with van der Waals surface area (Å²) < 4.78 is 5.73. The molecular formula is C19H22N4O3. The highest BCUT2D eigenvalue weighted by Gasteiger charge is 2.39. The monoisotopic (exact) mass is 354 g/mol. The zero-order valence-corrected chi connectivity index (χ0v) is 14.5. The lowest BCUT2D eigenvalue weighted by Gasteiger charge is -2.21. The molecule has 0 aliphatic carbocycles. The molecule has 2 bridgehead atoms. The summed E-state index contributed by atoms with van der Waals surface area (Å²) in [4.78, 5) is 31.1. The number of carbonyl (C=O) groups is 2. The molecule has 0 aromatic carbocycles. The molecule has 3 atom stereocenters. The molecule has 2 aromatic rings. The van der Waals surface area contributed by atoms with Crippen LogP contribution in [-0.4, -0.2) is 52.9 Å². The molecule has 2 amide bonds. The van der Waals surface area contributed by atoms with Crippen LogP contribution in [0.1, 0.15) is 53.1 Å². The number of fused-ring (bicyclic) bond motifs is 3. The van der Waals surface area contributed by atoms with Crippen LogP contribution in [0.4, 0.5) is 0 Å². The van der Waals surface area contributed by atoms with Crippen molar-refractivity contribution in [3.63, 3.8) is 0 Å². The van der Waals surface area contributed by atoms with Crippen LogP contribution in [0.5, 0.6) is 0 Å². The Morgan fingerprint density at radius 1 is 1.23 bits per heavy atom. The zero-order chi connectivity index (χ0) is 17.7. The van der Waals surface area contributed by atoms with E-state index in [4.69, 9.17) is 4.42 Å². The molecule has 26 heavy (non-hydrogen) atoms. The maximum absolute atomic E-state index is 12.6. The molecule has 3 aliphatic heterocycles. The quantitative estimate of drug-likeness (QED) is 0.876. The van der Waals surface area contributed by atoms with E-state index in [-0.39, 0.29) is 17.9 Å². The van der Waals surface area contributed by atoms with Gasteiger partial charge in [0.1, 0.15) is 11.3 Å². The fourth-order valence-electron chi connectivity index (χ4n) is 4.47. The number of furan rings is 1. The number of pyridine rings is 1. The largest absolute Gasteiger partial charge is 0.451 e. The van der Waals surface area contributed by atoms with E-state index in [2.05, 4.69) is 15.6 Å². The van der Waals surface area contributed by atoms with Gasteiger partial charge in [0.15, 0.2) is 5.76 Å². The Labute approximate surface area is 151 Å². The summed E-state index contributed by atoms with van der Waals surface area (Å²) in [6.07, 6.45) is 6.97. The SMILES string of the molecule is O=C(N[C@@H]1C[C@H]2CC[C@@H]1N2)c1cc2oc(C(=O)N3CCCC3)cc2cn1. The number of aromatic nitrogens is 1. The first-order valence-electron chi connectivity index (χ1n) is 9.43. The van der Waals surface area contributed by atoms with Crippen molar-refractivity contribution in [2.24, 2.45) is 0 Å². The van der Waals surface area contributed by atoms with Crippen molar-refractivity contribution in [2.45, 2.75) is 50.2 Å². The topological polar surface area (TPSA) is 87.5 Å². The highest BCUT2D eigenvalue weighted by atomic mass is 16.3. The molecule has 3 aliphatic rings. The van der Waals surface area contributed by atoms with Gasteiger partial charge in [0.05, 0.1) is 0 Å². The van der Waals surface area contributed by atoms with Gasteiger partial charge >= 0.3 is 0 Å². The van der Waals surface area contributed by atoms with Crippen molar-refractivity contribution >= 4 is 22.8 Å². The summed E-state index contributed by atoms with van der Waals surface area (Å²) in [7, 11) is 0. The van der Waals surface area contributed by atoms with Crippen LogP contribution in [0, 0.1) is 0 Å². The van der Waals surface area contributed by atoms with Gasteiger partial charge in [-0.05, 0) is 38.2 Å². The zero-order valence-electron chi connectivity index (χ0n) is 14.5. The third-order valence-electron chi connectivity index (χ3n) is 5.85. The Balaban J connectivity index is 1.34. The van der Waals surface area contributed by atoms with Crippen molar-refractivity contribution in [3.8, 4) is 0 Å². The van der Waals surface area contributed by atoms with Crippen molar-refractivity contribution in [1.82, 2.24) is 20.5 Å². The average Bonchev–Trinajstić information content (AvgIpc) is 3.43. The molecular weight excluding hydrogens is 332 g/mol. The van der Waals surface area contributed by atoms with Crippen LogP contribution < -0.4 is 10.6 Å². The first-order valence-corrected chi connectivity index (χ1v) is 9.43. The van der Waals surface area contributed by atoms with Gasteiger partial charge in [-0.1, -0.05) is 0 Å². The predicted octanol–water partition coefficient (Wildman–Crippen LogP) is 1.69. The number of nitrogens with one attached hydrogen (secondary N) is 2. The third kappa shape index (κ3) is 2.67. The molecule has 7 nitrogen and oxygen atoms in total. The maximum atomic E-state index is 12.6. The molecule has 3 fully saturated rings. The fourth-order valence-corrected chi connectivity index (χ4v) is 4.47. The van der Waals surface area contributed by atoms with Crippen LogP contribution in [-0.2, 0) is 0 Å². The summed E-state index contributed by atoms with van der Waals surface area (Å²) in [6.45, 7) is 1.55. The van der Waals surface area contributed by atoms with Crippen molar-refractivity contribution in [3.05, 3.63) is 29.8 Å². The second-order valence-corrected chi connectivity index (χ2v) is 7.58. The highest BCUT2D eigenvalue weighted by Crippen LogP contribution is 2.28. The van der Waals surface area contributed by atoms with Gasteiger partial charge in [-0.25, -0.2) is 0 Å². The van der Waals surface area contributed by atoms with E-state index in [0.717, 1.165) is 44.2 Å². The van der Waals surface area contributed by atoms with Crippen LogP contribution >= 0.6 is 0 Å². The van der Waals surface area contributed by atoms with Gasteiger partial charge in [0.2, 0.25) is 0 Å². The minimum atomic E-state index is -0.185. The van der Waals surface area contributed by atoms with Gasteiger partial charge in [-0.3, -0.25) is 14.6 Å². The average molecular weight is 354 g/mol. The fraction of sp³-hybridized carbons (Fsp3) is 0.526. The lowest BCUT2D eigenvalue weighted by molar-refractivity contribution is 0.0763. The number of nitrogens with zero attached hydrogens (tertiary/aromatic N) is 2. The number of amides is 2. The predicted molar refractivity (Wildman–Crippen MR) is 95.0 cm³/mol. The summed E-state index contributed by atoms with van der Waals surface area (Å²) in [5.41, 5.74) is 0.855. The first kappa shape index (κ1) is 15.8. The Morgan fingerprint density at radius 2 is 2.08 bits per heavy atom. The Hall–Kier alpha value is -2.41. The van der Waals surface area contributed by atoms with E-state index in [9.17, 15) is 9.59 Å². The number of hydrogen-bond acceptors (Lipinski definition) is 5. The normalized spacial score (nSPS) is 27.4. The van der Waals surface area contributed by atoms with Gasteiger partial charge in [0.25, 0.3) is 11.8 Å². The minimum Gasteiger partial charge on any atom is -0.451 e. The van der Waals surface area contributed by atoms with E-state index < -0.39 is 0 Å². The number of carbonyl (C=O) groups excluding carboxylic acids is 2. The number of likely N-dealkylation sites (tertiary alicyclic amines) is 1. The number of rotatable bonds is 3. The molecule has 2 aromatic heterocycles. The lowest BCUT2D eigenvalue weighted by atomic mass is 9.95.